The maximum Gasteiger partial charge on any atom is 0.280 e. The zero-order valence-corrected chi connectivity index (χ0v) is 15.0. The number of hydrogen-bond donors (Lipinski definition) is 3. The standard InChI is InChI=1S/C16H20N10O/c1-8(25-6-21-10-12(17)19-5-20-13(10)25)3-4-9(2)26-7-22-11-14(26)23-16(18)24-15(11)27/h5-9H,3-4H2,1-2H3,(H2,17,19,20)(H3,18,23,24,27). The summed E-state index contributed by atoms with van der Waals surface area (Å²) >= 11 is 0. The Kier molecular flexibility index (Phi) is 3.98. The molecule has 0 spiro atoms. The smallest absolute Gasteiger partial charge is 0.280 e. The molecule has 0 saturated carbocycles. The number of imidazole rings is 2. The van der Waals surface area contributed by atoms with Gasteiger partial charge in [-0.1, -0.05) is 0 Å². The minimum Gasteiger partial charge on any atom is -0.382 e. The molecule has 0 aliphatic rings. The first-order valence-electron chi connectivity index (χ1n) is 8.61. The van der Waals surface area contributed by atoms with Crippen LogP contribution in [-0.2, 0) is 0 Å². The molecule has 2 atom stereocenters. The predicted octanol–water partition coefficient (Wildman–Crippen LogP) is 1.03. The third-order valence-electron chi connectivity index (χ3n) is 4.79. The SMILES string of the molecule is CC(CCC(C)n1cnc2c(=O)[nH]c(N)nc21)n1cnc2c(N)ncnc21. The maximum atomic E-state index is 11.9. The first-order chi connectivity index (χ1) is 13.0. The molecule has 5 N–H and O–H groups in total. The van der Waals surface area contributed by atoms with Crippen LogP contribution in [0.3, 0.4) is 0 Å². The highest BCUT2D eigenvalue weighted by Crippen LogP contribution is 2.25. The number of fused-ring (bicyclic) bond motifs is 2. The molecule has 2 unspecified atom stereocenters. The Labute approximate surface area is 153 Å². The topological polar surface area (TPSA) is 159 Å². The van der Waals surface area contributed by atoms with Crippen molar-refractivity contribution >= 4 is 34.1 Å². The summed E-state index contributed by atoms with van der Waals surface area (Å²) in [4.78, 5) is 35.3. The second kappa shape index (κ2) is 6.34. The summed E-state index contributed by atoms with van der Waals surface area (Å²) in [6, 6.07) is 0.239. The first kappa shape index (κ1) is 16.9. The Bertz CT molecular complexity index is 1170. The molecule has 0 bridgehead atoms. The van der Waals surface area contributed by atoms with Gasteiger partial charge in [0.1, 0.15) is 11.8 Å². The van der Waals surface area contributed by atoms with E-state index in [1.54, 1.807) is 12.7 Å². The second-order valence-electron chi connectivity index (χ2n) is 6.63. The minimum atomic E-state index is -0.334. The lowest BCUT2D eigenvalue weighted by Crippen LogP contribution is -2.14. The van der Waals surface area contributed by atoms with Gasteiger partial charge in [-0.15, -0.1) is 0 Å². The van der Waals surface area contributed by atoms with Crippen LogP contribution in [0.15, 0.2) is 23.8 Å². The van der Waals surface area contributed by atoms with E-state index in [0.29, 0.717) is 17.0 Å². The van der Waals surface area contributed by atoms with Crippen molar-refractivity contribution < 1.29 is 0 Å². The molecule has 0 aromatic carbocycles. The van der Waals surface area contributed by atoms with Crippen molar-refractivity contribution in [1.82, 2.24) is 39.0 Å². The summed E-state index contributed by atoms with van der Waals surface area (Å²) in [5, 5.41) is 0. The number of H-pyrrole nitrogens is 1. The van der Waals surface area contributed by atoms with E-state index in [1.807, 2.05) is 9.13 Å². The summed E-state index contributed by atoms with van der Waals surface area (Å²) in [5.41, 5.74) is 13.3. The lowest BCUT2D eigenvalue weighted by molar-refractivity contribution is 0.423. The average molecular weight is 368 g/mol. The summed E-state index contributed by atoms with van der Waals surface area (Å²) in [7, 11) is 0. The Balaban J connectivity index is 1.54. The van der Waals surface area contributed by atoms with Crippen molar-refractivity contribution in [3.63, 3.8) is 0 Å². The molecule has 27 heavy (non-hydrogen) atoms. The van der Waals surface area contributed by atoms with Crippen molar-refractivity contribution in [2.75, 3.05) is 11.5 Å². The Hall–Kier alpha value is -3.50. The average Bonchev–Trinajstić information content (AvgIpc) is 3.24. The zero-order chi connectivity index (χ0) is 19.1. The molecule has 4 aromatic rings. The second-order valence-corrected chi connectivity index (χ2v) is 6.63. The predicted molar refractivity (Wildman–Crippen MR) is 101 cm³/mol. The number of aromatic amines is 1. The van der Waals surface area contributed by atoms with Crippen LogP contribution in [0, 0.1) is 0 Å². The van der Waals surface area contributed by atoms with E-state index in [0.717, 1.165) is 18.5 Å². The zero-order valence-electron chi connectivity index (χ0n) is 15.0. The fourth-order valence-corrected chi connectivity index (χ4v) is 3.22. The largest absolute Gasteiger partial charge is 0.382 e. The van der Waals surface area contributed by atoms with Gasteiger partial charge in [0.2, 0.25) is 5.95 Å². The van der Waals surface area contributed by atoms with E-state index in [9.17, 15) is 4.79 Å². The Morgan fingerprint density at radius 2 is 1.59 bits per heavy atom. The molecule has 140 valence electrons. The van der Waals surface area contributed by atoms with E-state index in [4.69, 9.17) is 11.5 Å². The first-order valence-corrected chi connectivity index (χ1v) is 8.61. The molecule has 0 fully saturated rings. The van der Waals surface area contributed by atoms with Gasteiger partial charge in [0, 0.05) is 12.1 Å². The summed E-state index contributed by atoms with van der Waals surface area (Å²) in [5.74, 6) is 0.454. The molecule has 0 saturated heterocycles. The number of nitrogen functional groups attached to an aromatic ring is 2. The van der Waals surface area contributed by atoms with Gasteiger partial charge in [-0.2, -0.15) is 4.98 Å². The van der Waals surface area contributed by atoms with E-state index in [2.05, 4.69) is 43.8 Å². The lowest BCUT2D eigenvalue weighted by atomic mass is 10.1. The van der Waals surface area contributed by atoms with Gasteiger partial charge in [0.15, 0.2) is 22.6 Å². The van der Waals surface area contributed by atoms with Gasteiger partial charge < -0.3 is 20.6 Å². The maximum absolute atomic E-state index is 11.9. The van der Waals surface area contributed by atoms with Gasteiger partial charge in [0.25, 0.3) is 5.56 Å². The number of rotatable bonds is 5. The molecule has 0 radical (unpaired) electrons. The van der Waals surface area contributed by atoms with Crippen LogP contribution in [0.1, 0.15) is 38.8 Å². The number of nitrogens with one attached hydrogen (secondary N) is 1. The van der Waals surface area contributed by atoms with Crippen molar-refractivity contribution in [2.45, 2.75) is 38.8 Å². The van der Waals surface area contributed by atoms with Crippen LogP contribution in [0.2, 0.25) is 0 Å². The summed E-state index contributed by atoms with van der Waals surface area (Å²) in [6.07, 6.45) is 6.49. The van der Waals surface area contributed by atoms with Crippen molar-refractivity contribution in [2.24, 2.45) is 0 Å². The fourth-order valence-electron chi connectivity index (χ4n) is 3.22. The quantitative estimate of drug-likeness (QED) is 0.471. The number of hydrogen-bond acceptors (Lipinski definition) is 8. The third-order valence-corrected chi connectivity index (χ3v) is 4.79. The highest BCUT2D eigenvalue weighted by Gasteiger charge is 2.17. The van der Waals surface area contributed by atoms with E-state index < -0.39 is 0 Å². The normalized spacial score (nSPS) is 14.0. The summed E-state index contributed by atoms with van der Waals surface area (Å²) < 4.78 is 3.87. The molecule has 4 aromatic heterocycles. The van der Waals surface area contributed by atoms with Crippen LogP contribution < -0.4 is 17.0 Å². The third kappa shape index (κ3) is 2.86. The molecule has 4 rings (SSSR count). The van der Waals surface area contributed by atoms with Gasteiger partial charge in [-0.25, -0.2) is 19.9 Å². The number of aromatic nitrogens is 8. The van der Waals surface area contributed by atoms with Crippen LogP contribution in [0.25, 0.3) is 22.3 Å². The molecule has 0 aliphatic carbocycles. The fraction of sp³-hybridized carbons (Fsp3) is 0.375. The molecular formula is C16H20N10O. The minimum absolute atomic E-state index is 0.0805. The number of anilines is 2. The van der Waals surface area contributed by atoms with Gasteiger partial charge in [0.05, 0.1) is 12.7 Å². The van der Waals surface area contributed by atoms with Crippen LogP contribution in [-0.4, -0.2) is 39.0 Å². The monoisotopic (exact) mass is 368 g/mol. The molecule has 11 nitrogen and oxygen atoms in total. The van der Waals surface area contributed by atoms with Crippen molar-refractivity contribution in [3.05, 3.63) is 29.3 Å². The van der Waals surface area contributed by atoms with E-state index in [-0.39, 0.29) is 29.1 Å². The molecule has 0 amide bonds. The van der Waals surface area contributed by atoms with Crippen molar-refractivity contribution in [1.29, 1.82) is 0 Å². The van der Waals surface area contributed by atoms with Gasteiger partial charge in [-0.05, 0) is 26.7 Å². The molecule has 11 heteroatoms. The molecule has 4 heterocycles. The van der Waals surface area contributed by atoms with Gasteiger partial charge in [-0.3, -0.25) is 9.78 Å². The van der Waals surface area contributed by atoms with Crippen molar-refractivity contribution in [3.8, 4) is 0 Å². The van der Waals surface area contributed by atoms with Crippen LogP contribution >= 0.6 is 0 Å². The summed E-state index contributed by atoms with van der Waals surface area (Å²) in [6.45, 7) is 4.15. The van der Waals surface area contributed by atoms with E-state index in [1.165, 1.54) is 6.33 Å². The lowest BCUT2D eigenvalue weighted by Gasteiger charge is -2.18. The highest BCUT2D eigenvalue weighted by molar-refractivity contribution is 5.81. The number of nitrogens with zero attached hydrogens (tertiary/aromatic N) is 7. The number of nitrogens with two attached hydrogens (primary N) is 2. The Morgan fingerprint density at radius 3 is 2.30 bits per heavy atom. The van der Waals surface area contributed by atoms with Crippen LogP contribution in [0.5, 0.6) is 0 Å². The molecule has 0 aliphatic heterocycles. The van der Waals surface area contributed by atoms with Gasteiger partial charge >= 0.3 is 0 Å². The Morgan fingerprint density at radius 1 is 0.963 bits per heavy atom. The van der Waals surface area contributed by atoms with E-state index >= 15 is 0 Å². The highest BCUT2D eigenvalue weighted by atomic mass is 16.1. The van der Waals surface area contributed by atoms with Crippen LogP contribution in [0.4, 0.5) is 11.8 Å². The molecular weight excluding hydrogens is 348 g/mol.